The number of benzene rings is 3. The number of phenols is 1. The summed E-state index contributed by atoms with van der Waals surface area (Å²) < 4.78 is 29.7. The van der Waals surface area contributed by atoms with Gasteiger partial charge in [0.1, 0.15) is 17.6 Å². The van der Waals surface area contributed by atoms with Gasteiger partial charge in [0, 0.05) is 23.8 Å². The van der Waals surface area contributed by atoms with Crippen molar-refractivity contribution in [3.63, 3.8) is 0 Å². The fourth-order valence-corrected chi connectivity index (χ4v) is 5.19. The van der Waals surface area contributed by atoms with Crippen molar-refractivity contribution in [2.24, 2.45) is 17.3 Å². The van der Waals surface area contributed by atoms with E-state index in [1.165, 1.54) is 12.1 Å². The topological polar surface area (TPSA) is 108 Å². The summed E-state index contributed by atoms with van der Waals surface area (Å²) in [6.07, 6.45) is 4.33. The maximum Gasteiger partial charge on any atom is 0.358 e. The SMILES string of the molecule is C[n+]1cccnc1SCCCNS(=O)(=O)c1ccc(N=Nc2c(O)ccc3ccccc23)cc1. The molecule has 0 fully saturated rings. The second kappa shape index (κ2) is 10.7. The van der Waals surface area contributed by atoms with Crippen LogP contribution in [-0.2, 0) is 17.1 Å². The lowest BCUT2D eigenvalue weighted by atomic mass is 10.1. The third-order valence-electron chi connectivity index (χ3n) is 5.02. The minimum atomic E-state index is -3.63. The molecule has 4 aromatic rings. The molecule has 0 aliphatic heterocycles. The molecule has 2 N–H and O–H groups in total. The molecule has 174 valence electrons. The van der Waals surface area contributed by atoms with Crippen LogP contribution in [0.3, 0.4) is 0 Å². The third-order valence-corrected chi connectivity index (χ3v) is 7.64. The molecule has 0 saturated carbocycles. The number of nitrogens with zero attached hydrogens (tertiary/aromatic N) is 4. The zero-order valence-corrected chi connectivity index (χ0v) is 20.1. The number of sulfonamides is 1. The highest BCUT2D eigenvalue weighted by Crippen LogP contribution is 2.36. The van der Waals surface area contributed by atoms with E-state index >= 15 is 0 Å². The lowest BCUT2D eigenvalue weighted by Crippen LogP contribution is -2.31. The Labute approximate surface area is 202 Å². The summed E-state index contributed by atoms with van der Waals surface area (Å²) in [5.74, 6) is 0.772. The highest BCUT2D eigenvalue weighted by molar-refractivity contribution is 7.99. The summed E-state index contributed by atoms with van der Waals surface area (Å²) in [7, 11) is -1.70. The Hall–Kier alpha value is -3.34. The molecule has 10 heteroatoms. The van der Waals surface area contributed by atoms with Crippen LogP contribution in [0, 0.1) is 0 Å². The van der Waals surface area contributed by atoms with Crippen molar-refractivity contribution >= 4 is 43.9 Å². The molecule has 34 heavy (non-hydrogen) atoms. The summed E-state index contributed by atoms with van der Waals surface area (Å²) >= 11 is 1.58. The number of hydrogen-bond donors (Lipinski definition) is 2. The summed E-state index contributed by atoms with van der Waals surface area (Å²) in [5.41, 5.74) is 0.847. The number of nitrogens with one attached hydrogen (secondary N) is 1. The van der Waals surface area contributed by atoms with Gasteiger partial charge in [-0.3, -0.25) is 0 Å². The van der Waals surface area contributed by atoms with Crippen molar-refractivity contribution in [1.82, 2.24) is 9.71 Å². The smallest absolute Gasteiger partial charge is 0.358 e. The van der Waals surface area contributed by atoms with Gasteiger partial charge < -0.3 is 5.11 Å². The molecular weight excluding hydrogens is 470 g/mol. The minimum absolute atomic E-state index is 0.0285. The minimum Gasteiger partial charge on any atom is -0.506 e. The zero-order valence-electron chi connectivity index (χ0n) is 18.5. The quantitative estimate of drug-likeness (QED) is 0.116. The lowest BCUT2D eigenvalue weighted by molar-refractivity contribution is -0.713. The second-order valence-electron chi connectivity index (χ2n) is 7.46. The number of aromatic hydroxyl groups is 1. The number of rotatable bonds is 9. The van der Waals surface area contributed by atoms with Crippen LogP contribution >= 0.6 is 11.8 Å². The maximum absolute atomic E-state index is 12.6. The lowest BCUT2D eigenvalue weighted by Gasteiger charge is -2.06. The molecule has 4 rings (SSSR count). The average Bonchev–Trinajstić information content (AvgIpc) is 2.84. The van der Waals surface area contributed by atoms with Crippen LogP contribution in [0.5, 0.6) is 5.75 Å². The van der Waals surface area contributed by atoms with Crippen molar-refractivity contribution in [1.29, 1.82) is 0 Å². The number of hydrogen-bond acceptors (Lipinski definition) is 7. The Balaban J connectivity index is 1.35. The van der Waals surface area contributed by atoms with Crippen molar-refractivity contribution in [2.75, 3.05) is 12.3 Å². The van der Waals surface area contributed by atoms with Gasteiger partial charge in [0.25, 0.3) is 0 Å². The van der Waals surface area contributed by atoms with Crippen molar-refractivity contribution < 1.29 is 18.1 Å². The van der Waals surface area contributed by atoms with Crippen LogP contribution < -0.4 is 9.29 Å². The Bertz CT molecular complexity index is 1420. The fraction of sp³-hybridized carbons (Fsp3) is 0.167. The normalized spacial score (nSPS) is 11.9. The van der Waals surface area contributed by atoms with Gasteiger partial charge in [-0.2, -0.15) is 5.11 Å². The number of fused-ring (bicyclic) bond motifs is 1. The number of aromatic nitrogens is 2. The van der Waals surface area contributed by atoms with Gasteiger partial charge in [-0.05, 0) is 58.9 Å². The first-order valence-corrected chi connectivity index (χ1v) is 13.1. The first-order chi connectivity index (χ1) is 16.4. The molecule has 8 nitrogen and oxygen atoms in total. The standard InChI is InChI=1S/C24H23N5O3S2/c1-29-16-4-14-25-24(29)33-17-5-15-26-34(31,32)20-11-9-19(10-12-20)27-28-23-21-7-3-2-6-18(21)8-13-22(23)30/h2-4,6-14,16,26H,5,15,17H2,1H3/p+1. The number of aryl methyl sites for hydroxylation is 1. The largest absolute Gasteiger partial charge is 0.506 e. The predicted octanol–water partition coefficient (Wildman–Crippen LogP) is 4.64. The van der Waals surface area contributed by atoms with Gasteiger partial charge in [0.15, 0.2) is 0 Å². The molecule has 1 aromatic heterocycles. The molecule has 0 aliphatic rings. The summed E-state index contributed by atoms with van der Waals surface area (Å²) in [6.45, 7) is 0.327. The Kier molecular flexibility index (Phi) is 7.51. The molecular formula is C24H24N5O3S2+. The van der Waals surface area contributed by atoms with Gasteiger partial charge in [0.05, 0.1) is 23.8 Å². The molecule has 3 aromatic carbocycles. The average molecular weight is 495 g/mol. The van der Waals surface area contributed by atoms with Crippen LogP contribution in [0.1, 0.15) is 6.42 Å². The second-order valence-corrected chi connectivity index (χ2v) is 10.3. The summed E-state index contributed by atoms with van der Waals surface area (Å²) in [5, 5.41) is 21.2. The van der Waals surface area contributed by atoms with Gasteiger partial charge >= 0.3 is 5.16 Å². The molecule has 0 saturated heterocycles. The highest BCUT2D eigenvalue weighted by atomic mass is 32.2. The van der Waals surface area contributed by atoms with Gasteiger partial charge in [0.2, 0.25) is 10.0 Å². The first kappa shape index (κ1) is 23.8. The van der Waals surface area contributed by atoms with E-state index in [4.69, 9.17) is 0 Å². The maximum atomic E-state index is 12.6. The van der Waals surface area contributed by atoms with Crippen LogP contribution in [-0.4, -0.2) is 30.8 Å². The summed E-state index contributed by atoms with van der Waals surface area (Å²) in [4.78, 5) is 4.45. The fourth-order valence-electron chi connectivity index (χ4n) is 3.24. The monoisotopic (exact) mass is 494 g/mol. The molecule has 0 unspecified atom stereocenters. The molecule has 0 atom stereocenters. The van der Waals surface area contributed by atoms with E-state index in [1.54, 1.807) is 36.2 Å². The molecule has 0 aliphatic carbocycles. The van der Waals surface area contributed by atoms with Gasteiger partial charge in [-0.15, -0.1) is 5.11 Å². The van der Waals surface area contributed by atoms with E-state index in [9.17, 15) is 13.5 Å². The van der Waals surface area contributed by atoms with E-state index in [-0.39, 0.29) is 10.6 Å². The third kappa shape index (κ3) is 5.77. The molecule has 0 amide bonds. The van der Waals surface area contributed by atoms with E-state index in [0.29, 0.717) is 24.3 Å². The van der Waals surface area contributed by atoms with E-state index in [0.717, 1.165) is 21.7 Å². The Morgan fingerprint density at radius 3 is 2.62 bits per heavy atom. The van der Waals surface area contributed by atoms with Crippen LogP contribution in [0.2, 0.25) is 0 Å². The Morgan fingerprint density at radius 2 is 1.82 bits per heavy atom. The number of thioether (sulfide) groups is 1. The molecule has 1 heterocycles. The molecule has 0 radical (unpaired) electrons. The van der Waals surface area contributed by atoms with Crippen LogP contribution in [0.25, 0.3) is 10.8 Å². The molecule has 0 spiro atoms. The number of phenolic OH excluding ortho intramolecular Hbond substituents is 1. The number of azo groups is 1. The van der Waals surface area contributed by atoms with E-state index in [1.807, 2.05) is 54.2 Å². The zero-order chi connectivity index (χ0) is 24.0. The summed E-state index contributed by atoms with van der Waals surface area (Å²) in [6, 6.07) is 19.0. The first-order valence-electron chi connectivity index (χ1n) is 10.6. The highest BCUT2D eigenvalue weighted by Gasteiger charge is 2.14. The van der Waals surface area contributed by atoms with Crippen LogP contribution in [0.15, 0.2) is 99.4 Å². The van der Waals surface area contributed by atoms with Crippen molar-refractivity contribution in [3.05, 3.63) is 79.1 Å². The van der Waals surface area contributed by atoms with E-state index < -0.39 is 10.0 Å². The van der Waals surface area contributed by atoms with E-state index in [2.05, 4.69) is 19.9 Å². The van der Waals surface area contributed by atoms with Crippen molar-refractivity contribution in [3.8, 4) is 5.75 Å². The van der Waals surface area contributed by atoms with Crippen LogP contribution in [0.4, 0.5) is 11.4 Å². The predicted molar refractivity (Wildman–Crippen MR) is 132 cm³/mol. The molecule has 0 bridgehead atoms. The van der Waals surface area contributed by atoms with Gasteiger partial charge in [-0.1, -0.05) is 30.3 Å². The van der Waals surface area contributed by atoms with Gasteiger partial charge in [-0.25, -0.2) is 17.7 Å². The Morgan fingerprint density at radius 1 is 1.03 bits per heavy atom. The van der Waals surface area contributed by atoms with Crippen molar-refractivity contribution in [2.45, 2.75) is 16.5 Å².